The fourth-order valence-corrected chi connectivity index (χ4v) is 3.09. The van der Waals surface area contributed by atoms with Gasteiger partial charge in [0.2, 0.25) is 0 Å². The zero-order valence-electron chi connectivity index (χ0n) is 10.9. The summed E-state index contributed by atoms with van der Waals surface area (Å²) in [5.74, 6) is 0.734. The van der Waals surface area contributed by atoms with E-state index in [1.807, 2.05) is 16.8 Å². The van der Waals surface area contributed by atoms with Crippen LogP contribution >= 0.6 is 11.6 Å². The molecule has 0 spiro atoms. The molecule has 0 radical (unpaired) electrons. The topological polar surface area (TPSA) is 31.2 Å². The Labute approximate surface area is 116 Å². The Morgan fingerprint density at radius 3 is 2.68 bits per heavy atom. The van der Waals surface area contributed by atoms with Crippen LogP contribution in [0.25, 0.3) is 10.8 Å². The van der Waals surface area contributed by atoms with Gasteiger partial charge in [-0.25, -0.2) is 0 Å². The number of fused-ring (bicyclic) bond motifs is 1. The third kappa shape index (κ3) is 2.12. The van der Waals surface area contributed by atoms with Crippen molar-refractivity contribution in [1.82, 2.24) is 4.57 Å². The van der Waals surface area contributed by atoms with E-state index in [1.54, 1.807) is 19.2 Å². The van der Waals surface area contributed by atoms with Gasteiger partial charge in [0.25, 0.3) is 5.56 Å². The van der Waals surface area contributed by atoms with E-state index >= 15 is 0 Å². The van der Waals surface area contributed by atoms with E-state index in [0.29, 0.717) is 16.5 Å². The Morgan fingerprint density at radius 2 is 2.00 bits per heavy atom. The van der Waals surface area contributed by atoms with Crippen LogP contribution in [0, 0.1) is 0 Å². The summed E-state index contributed by atoms with van der Waals surface area (Å²) >= 11 is 6.01. The molecule has 1 aliphatic carbocycles. The van der Waals surface area contributed by atoms with Crippen LogP contribution in [-0.4, -0.2) is 11.7 Å². The minimum atomic E-state index is 0.0326. The highest BCUT2D eigenvalue weighted by Crippen LogP contribution is 2.32. The van der Waals surface area contributed by atoms with Crippen LogP contribution in [0.4, 0.5) is 0 Å². The summed E-state index contributed by atoms with van der Waals surface area (Å²) in [6, 6.07) is 5.65. The average molecular weight is 278 g/mol. The lowest BCUT2D eigenvalue weighted by Gasteiger charge is -2.16. The molecular weight excluding hydrogens is 262 g/mol. The molecule has 1 fully saturated rings. The van der Waals surface area contributed by atoms with E-state index in [9.17, 15) is 4.79 Å². The number of rotatable bonds is 2. The highest BCUT2D eigenvalue weighted by molar-refractivity contribution is 6.31. The molecule has 19 heavy (non-hydrogen) atoms. The van der Waals surface area contributed by atoms with Crippen molar-refractivity contribution in [3.63, 3.8) is 0 Å². The van der Waals surface area contributed by atoms with Gasteiger partial charge < -0.3 is 9.30 Å². The number of hydrogen-bond donors (Lipinski definition) is 0. The summed E-state index contributed by atoms with van der Waals surface area (Å²) in [5, 5.41) is 2.04. The standard InChI is InChI=1S/C15H16ClNO2/c1-19-14-9-17(11-4-2-3-5-11)15(18)13-8-10(16)6-7-12(13)14/h6-9,11H,2-5H2,1H3. The number of benzene rings is 1. The first kappa shape index (κ1) is 12.5. The molecular formula is C15H16ClNO2. The quantitative estimate of drug-likeness (QED) is 0.836. The van der Waals surface area contributed by atoms with E-state index in [-0.39, 0.29) is 5.56 Å². The second-order valence-corrected chi connectivity index (χ2v) is 5.47. The van der Waals surface area contributed by atoms with Crippen molar-refractivity contribution in [2.45, 2.75) is 31.7 Å². The summed E-state index contributed by atoms with van der Waals surface area (Å²) in [7, 11) is 1.63. The number of aromatic nitrogens is 1. The van der Waals surface area contributed by atoms with E-state index in [4.69, 9.17) is 16.3 Å². The Kier molecular flexibility index (Phi) is 3.23. The first-order valence-electron chi connectivity index (χ1n) is 6.59. The lowest BCUT2D eigenvalue weighted by Crippen LogP contribution is -2.23. The largest absolute Gasteiger partial charge is 0.495 e. The Morgan fingerprint density at radius 1 is 1.26 bits per heavy atom. The summed E-state index contributed by atoms with van der Waals surface area (Å²) in [5.41, 5.74) is 0.0326. The van der Waals surface area contributed by atoms with Gasteiger partial charge in [-0.1, -0.05) is 24.4 Å². The van der Waals surface area contributed by atoms with Crippen molar-refractivity contribution in [3.8, 4) is 5.75 Å². The van der Waals surface area contributed by atoms with Crippen LogP contribution in [-0.2, 0) is 0 Å². The molecule has 1 aliphatic rings. The third-order valence-electron chi connectivity index (χ3n) is 3.91. The zero-order chi connectivity index (χ0) is 13.4. The number of nitrogens with zero attached hydrogens (tertiary/aromatic N) is 1. The maximum Gasteiger partial charge on any atom is 0.258 e. The molecule has 1 saturated carbocycles. The Hall–Kier alpha value is -1.48. The van der Waals surface area contributed by atoms with Crippen LogP contribution in [0.2, 0.25) is 5.02 Å². The Bertz CT molecular complexity index is 672. The summed E-state index contributed by atoms with van der Waals surface area (Å²) < 4.78 is 7.24. The summed E-state index contributed by atoms with van der Waals surface area (Å²) in [4.78, 5) is 12.6. The van der Waals surface area contributed by atoms with Gasteiger partial charge in [0.05, 0.1) is 18.7 Å². The number of methoxy groups -OCH3 is 1. The predicted molar refractivity (Wildman–Crippen MR) is 77.3 cm³/mol. The fraction of sp³-hybridized carbons (Fsp3) is 0.400. The minimum absolute atomic E-state index is 0.0326. The molecule has 0 amide bonds. The van der Waals surface area contributed by atoms with Crippen molar-refractivity contribution in [1.29, 1.82) is 0 Å². The molecule has 0 N–H and O–H groups in total. The third-order valence-corrected chi connectivity index (χ3v) is 4.14. The zero-order valence-corrected chi connectivity index (χ0v) is 11.6. The molecule has 3 rings (SSSR count). The average Bonchev–Trinajstić information content (AvgIpc) is 2.93. The number of pyridine rings is 1. The van der Waals surface area contributed by atoms with Gasteiger partial charge in [-0.3, -0.25) is 4.79 Å². The first-order chi connectivity index (χ1) is 9.20. The molecule has 0 aliphatic heterocycles. The highest BCUT2D eigenvalue weighted by Gasteiger charge is 2.20. The van der Waals surface area contributed by atoms with Gasteiger partial charge in [0.1, 0.15) is 5.75 Å². The Balaban J connectivity index is 2.28. The van der Waals surface area contributed by atoms with E-state index in [0.717, 1.165) is 24.0 Å². The van der Waals surface area contributed by atoms with Crippen LogP contribution in [0.5, 0.6) is 5.75 Å². The van der Waals surface area contributed by atoms with Crippen molar-refractivity contribution < 1.29 is 4.74 Å². The van der Waals surface area contributed by atoms with Crippen LogP contribution in [0.3, 0.4) is 0 Å². The van der Waals surface area contributed by atoms with Gasteiger partial charge in [-0.15, -0.1) is 0 Å². The van der Waals surface area contributed by atoms with Gasteiger partial charge in [-0.2, -0.15) is 0 Å². The smallest absolute Gasteiger partial charge is 0.258 e. The summed E-state index contributed by atoms with van der Waals surface area (Å²) in [6.07, 6.45) is 6.35. The number of ether oxygens (including phenoxy) is 1. The fourth-order valence-electron chi connectivity index (χ4n) is 2.92. The lowest BCUT2D eigenvalue weighted by molar-refractivity contribution is 0.406. The predicted octanol–water partition coefficient (Wildman–Crippen LogP) is 3.78. The molecule has 0 saturated heterocycles. The van der Waals surface area contributed by atoms with Gasteiger partial charge in [0.15, 0.2) is 0 Å². The second kappa shape index (κ2) is 4.89. The van der Waals surface area contributed by atoms with Crippen LogP contribution < -0.4 is 10.3 Å². The molecule has 0 bridgehead atoms. The molecule has 2 aromatic rings. The number of hydrogen-bond acceptors (Lipinski definition) is 2. The van der Waals surface area contributed by atoms with Crippen molar-refractivity contribution in [2.75, 3.05) is 7.11 Å². The first-order valence-corrected chi connectivity index (χ1v) is 6.97. The molecule has 100 valence electrons. The van der Waals surface area contributed by atoms with E-state index in [2.05, 4.69) is 0 Å². The highest BCUT2D eigenvalue weighted by atomic mass is 35.5. The molecule has 1 heterocycles. The maximum atomic E-state index is 12.6. The molecule has 3 nitrogen and oxygen atoms in total. The monoisotopic (exact) mass is 277 g/mol. The van der Waals surface area contributed by atoms with Crippen molar-refractivity contribution in [2.24, 2.45) is 0 Å². The minimum Gasteiger partial charge on any atom is -0.495 e. The van der Waals surface area contributed by atoms with Gasteiger partial charge in [-0.05, 0) is 31.0 Å². The van der Waals surface area contributed by atoms with E-state index < -0.39 is 0 Å². The van der Waals surface area contributed by atoms with Crippen LogP contribution in [0.15, 0.2) is 29.2 Å². The van der Waals surface area contributed by atoms with Gasteiger partial charge in [0, 0.05) is 16.5 Å². The molecule has 1 aromatic heterocycles. The molecule has 0 unspecified atom stereocenters. The van der Waals surface area contributed by atoms with E-state index in [1.165, 1.54) is 12.8 Å². The van der Waals surface area contributed by atoms with Crippen LogP contribution in [0.1, 0.15) is 31.7 Å². The molecule has 0 atom stereocenters. The summed E-state index contributed by atoms with van der Waals surface area (Å²) in [6.45, 7) is 0. The van der Waals surface area contributed by atoms with Gasteiger partial charge >= 0.3 is 0 Å². The molecule has 1 aromatic carbocycles. The lowest BCUT2D eigenvalue weighted by atomic mass is 10.1. The van der Waals surface area contributed by atoms with Crippen molar-refractivity contribution >= 4 is 22.4 Å². The number of halogens is 1. The maximum absolute atomic E-state index is 12.6. The molecule has 4 heteroatoms. The SMILES string of the molecule is COc1cn(C2CCCC2)c(=O)c2cc(Cl)ccc12. The second-order valence-electron chi connectivity index (χ2n) is 5.04. The normalized spacial score (nSPS) is 16.1. The van der Waals surface area contributed by atoms with Crippen molar-refractivity contribution in [3.05, 3.63) is 39.8 Å².